The Morgan fingerprint density at radius 2 is 2.05 bits per heavy atom. The van der Waals surface area contributed by atoms with E-state index in [1.807, 2.05) is 19.9 Å². The molecule has 2 rings (SSSR count). The molecule has 0 aliphatic carbocycles. The number of piperazine rings is 1. The van der Waals surface area contributed by atoms with E-state index in [2.05, 4.69) is 17.1 Å². The van der Waals surface area contributed by atoms with Gasteiger partial charge >= 0.3 is 0 Å². The number of aliphatic hydroxyl groups excluding tert-OH is 1. The molecule has 1 aromatic carbocycles. The van der Waals surface area contributed by atoms with Gasteiger partial charge in [0, 0.05) is 43.3 Å². The minimum absolute atomic E-state index is 0.581. The molecule has 0 spiro atoms. The molecule has 4 nitrogen and oxygen atoms in total. The van der Waals surface area contributed by atoms with Crippen LogP contribution in [0.2, 0.25) is 5.02 Å². The highest BCUT2D eigenvalue weighted by atomic mass is 35.5. The number of aliphatic hydroxyl groups is 1. The second-order valence-electron chi connectivity index (χ2n) is 5.96. The van der Waals surface area contributed by atoms with Gasteiger partial charge in [-0.3, -0.25) is 4.90 Å². The Hall–Kier alpha value is -0.810. The van der Waals surface area contributed by atoms with Gasteiger partial charge in [0.2, 0.25) is 0 Å². The van der Waals surface area contributed by atoms with Crippen LogP contribution in [0, 0.1) is 13.8 Å². The van der Waals surface area contributed by atoms with Crippen molar-refractivity contribution in [2.24, 2.45) is 0 Å². The first-order chi connectivity index (χ1) is 10.5. The first kappa shape index (κ1) is 17.5. The second kappa shape index (κ2) is 8.16. The van der Waals surface area contributed by atoms with Crippen LogP contribution in [0.25, 0.3) is 0 Å². The van der Waals surface area contributed by atoms with Gasteiger partial charge in [0.25, 0.3) is 0 Å². The summed E-state index contributed by atoms with van der Waals surface area (Å²) in [4.78, 5) is 2.28. The molecule has 2 N–H and O–H groups in total. The largest absolute Gasteiger partial charge is 0.493 e. The van der Waals surface area contributed by atoms with Gasteiger partial charge in [-0.05, 0) is 37.5 Å². The summed E-state index contributed by atoms with van der Waals surface area (Å²) in [6.07, 6.45) is 0.358. The topological polar surface area (TPSA) is 44.7 Å². The Labute approximate surface area is 138 Å². The van der Waals surface area contributed by atoms with Crippen molar-refractivity contribution in [3.8, 4) is 5.75 Å². The van der Waals surface area contributed by atoms with Gasteiger partial charge in [0.05, 0.1) is 12.7 Å². The lowest BCUT2D eigenvalue weighted by molar-refractivity contribution is 0.102. The molecule has 0 radical (unpaired) electrons. The van der Waals surface area contributed by atoms with Crippen LogP contribution in [0.5, 0.6) is 5.75 Å². The minimum Gasteiger partial charge on any atom is -0.493 e. The number of aryl methyl sites for hydroxylation is 1. The Bertz CT molecular complexity index is 502. The quantitative estimate of drug-likeness (QED) is 0.843. The molecule has 5 heteroatoms. The smallest absolute Gasteiger partial charge is 0.125 e. The molecule has 1 heterocycles. The van der Waals surface area contributed by atoms with Crippen molar-refractivity contribution in [3.05, 3.63) is 27.8 Å². The fraction of sp³-hybridized carbons (Fsp3) is 0.647. The second-order valence-corrected chi connectivity index (χ2v) is 6.34. The Morgan fingerprint density at radius 1 is 1.36 bits per heavy atom. The normalized spacial score (nSPS) is 17.5. The van der Waals surface area contributed by atoms with E-state index < -0.39 is 6.10 Å². The maximum absolute atomic E-state index is 10.7. The summed E-state index contributed by atoms with van der Waals surface area (Å²) in [5.74, 6) is 0.767. The third kappa shape index (κ3) is 4.13. The van der Waals surface area contributed by atoms with Crippen molar-refractivity contribution in [3.63, 3.8) is 0 Å². The van der Waals surface area contributed by atoms with Crippen molar-refractivity contribution >= 4 is 11.6 Å². The summed E-state index contributed by atoms with van der Waals surface area (Å²) in [6.45, 7) is 11.1. The van der Waals surface area contributed by atoms with E-state index >= 15 is 0 Å². The fourth-order valence-electron chi connectivity index (χ4n) is 2.91. The van der Waals surface area contributed by atoms with Crippen LogP contribution in [0.3, 0.4) is 0 Å². The molecule has 1 aromatic rings. The zero-order valence-corrected chi connectivity index (χ0v) is 14.5. The number of nitrogens with zero attached hydrogens (tertiary/aromatic N) is 1. The van der Waals surface area contributed by atoms with Gasteiger partial charge in [-0.25, -0.2) is 0 Å². The van der Waals surface area contributed by atoms with Gasteiger partial charge < -0.3 is 15.2 Å². The molecule has 0 saturated carbocycles. The highest BCUT2D eigenvalue weighted by molar-refractivity contribution is 6.32. The van der Waals surface area contributed by atoms with Crippen molar-refractivity contribution in [1.82, 2.24) is 10.2 Å². The van der Waals surface area contributed by atoms with E-state index in [0.717, 1.165) is 60.1 Å². The molecule has 1 fully saturated rings. The van der Waals surface area contributed by atoms with Crippen molar-refractivity contribution < 1.29 is 9.84 Å². The van der Waals surface area contributed by atoms with Crippen LogP contribution >= 0.6 is 11.6 Å². The fourth-order valence-corrected chi connectivity index (χ4v) is 3.07. The molecular formula is C17H27ClN2O2. The van der Waals surface area contributed by atoms with Crippen LogP contribution < -0.4 is 10.1 Å². The minimum atomic E-state index is -0.581. The van der Waals surface area contributed by atoms with E-state index in [-0.39, 0.29) is 0 Å². The number of benzene rings is 1. The van der Waals surface area contributed by atoms with E-state index in [1.54, 1.807) is 0 Å². The third-order valence-corrected chi connectivity index (χ3v) is 4.71. The predicted octanol–water partition coefficient (Wildman–Crippen LogP) is 2.68. The maximum atomic E-state index is 10.7. The summed E-state index contributed by atoms with van der Waals surface area (Å²) in [7, 11) is 0. The van der Waals surface area contributed by atoms with Crippen molar-refractivity contribution in [1.29, 1.82) is 0 Å². The molecule has 1 aliphatic heterocycles. The van der Waals surface area contributed by atoms with E-state index in [1.165, 1.54) is 0 Å². The molecule has 0 bridgehead atoms. The van der Waals surface area contributed by atoms with E-state index in [9.17, 15) is 5.11 Å². The first-order valence-corrected chi connectivity index (χ1v) is 8.46. The molecule has 0 aromatic heterocycles. The van der Waals surface area contributed by atoms with Crippen LogP contribution in [0.1, 0.15) is 36.1 Å². The molecule has 0 amide bonds. The van der Waals surface area contributed by atoms with Gasteiger partial charge in [-0.15, -0.1) is 0 Å². The van der Waals surface area contributed by atoms with E-state index in [4.69, 9.17) is 16.3 Å². The maximum Gasteiger partial charge on any atom is 0.125 e. The highest BCUT2D eigenvalue weighted by Gasteiger charge is 2.23. The molecule has 1 saturated heterocycles. The monoisotopic (exact) mass is 326 g/mol. The Balaban J connectivity index is 2.23. The Morgan fingerprint density at radius 3 is 2.68 bits per heavy atom. The lowest BCUT2D eigenvalue weighted by Gasteiger charge is -2.30. The number of nitrogens with one attached hydrogen (secondary N) is 1. The van der Waals surface area contributed by atoms with Crippen LogP contribution in [-0.4, -0.2) is 49.3 Å². The average Bonchev–Trinajstić information content (AvgIpc) is 2.51. The first-order valence-electron chi connectivity index (χ1n) is 8.08. The molecule has 1 unspecified atom stereocenters. The van der Waals surface area contributed by atoms with Crippen molar-refractivity contribution in [2.45, 2.75) is 33.3 Å². The summed E-state index contributed by atoms with van der Waals surface area (Å²) >= 11 is 6.39. The van der Waals surface area contributed by atoms with Gasteiger partial charge in [-0.2, -0.15) is 0 Å². The van der Waals surface area contributed by atoms with Gasteiger partial charge in [0.15, 0.2) is 0 Å². The summed E-state index contributed by atoms with van der Waals surface area (Å²) < 4.78 is 5.86. The molecular weight excluding hydrogens is 300 g/mol. The number of halogens is 1. The lowest BCUT2D eigenvalue weighted by atomic mass is 9.98. The zero-order chi connectivity index (χ0) is 16.1. The number of hydrogen-bond donors (Lipinski definition) is 2. The standard InChI is InChI=1S/C17H27ClN2O2/c1-4-9-22-15-10-12(2)17(18)13(3)16(15)14(21)11-20-7-5-19-6-8-20/h10,14,19,21H,4-9,11H2,1-3H3. The number of β-amino-alcohol motifs (C(OH)–C–C–N with tert-alkyl or cyclic N) is 1. The molecule has 124 valence electrons. The lowest BCUT2D eigenvalue weighted by Crippen LogP contribution is -2.45. The van der Waals surface area contributed by atoms with Crippen LogP contribution in [0.4, 0.5) is 0 Å². The third-order valence-electron chi connectivity index (χ3n) is 4.13. The molecule has 22 heavy (non-hydrogen) atoms. The van der Waals surface area contributed by atoms with Crippen LogP contribution in [-0.2, 0) is 0 Å². The number of rotatable bonds is 6. The van der Waals surface area contributed by atoms with Crippen molar-refractivity contribution in [2.75, 3.05) is 39.3 Å². The summed E-state index contributed by atoms with van der Waals surface area (Å²) in [6, 6.07) is 1.95. The summed E-state index contributed by atoms with van der Waals surface area (Å²) in [5, 5.41) is 14.8. The predicted molar refractivity (Wildman–Crippen MR) is 91.0 cm³/mol. The molecule has 1 atom stereocenters. The van der Waals surface area contributed by atoms with Gasteiger partial charge in [0.1, 0.15) is 5.75 Å². The number of hydrogen-bond acceptors (Lipinski definition) is 4. The van der Waals surface area contributed by atoms with Gasteiger partial charge in [-0.1, -0.05) is 18.5 Å². The zero-order valence-electron chi connectivity index (χ0n) is 13.8. The summed E-state index contributed by atoms with van der Waals surface area (Å²) in [5.41, 5.74) is 2.75. The Kier molecular flexibility index (Phi) is 6.50. The average molecular weight is 327 g/mol. The van der Waals surface area contributed by atoms with E-state index in [0.29, 0.717) is 13.2 Å². The highest BCUT2D eigenvalue weighted by Crippen LogP contribution is 2.36. The van der Waals surface area contributed by atoms with Crippen LogP contribution in [0.15, 0.2) is 6.07 Å². The SMILES string of the molecule is CCCOc1cc(C)c(Cl)c(C)c1C(O)CN1CCNCC1. The number of ether oxygens (including phenoxy) is 1. The molecule has 1 aliphatic rings.